The van der Waals surface area contributed by atoms with Crippen LogP contribution in [-0.2, 0) is 5.41 Å². The molecule has 5 aromatic carbocycles. The Bertz CT molecular complexity index is 1730. The first-order chi connectivity index (χ1) is 16.1. The van der Waals surface area contributed by atoms with Crippen LogP contribution in [0.3, 0.4) is 0 Å². The minimum atomic E-state index is -0.0745. The minimum absolute atomic E-state index is 0.0745. The lowest BCUT2D eigenvalue weighted by molar-refractivity contribution is 0.667. The monoisotopic (exact) mass is 423 g/mol. The van der Waals surface area contributed by atoms with Crippen molar-refractivity contribution in [3.8, 4) is 16.8 Å². The van der Waals surface area contributed by atoms with E-state index in [1.165, 1.54) is 66.1 Å². The Morgan fingerprint density at radius 1 is 0.667 bits per heavy atom. The zero-order valence-electron chi connectivity index (χ0n) is 19.2. The van der Waals surface area contributed by atoms with E-state index in [1.807, 2.05) is 0 Å². The highest BCUT2D eigenvalue weighted by Gasteiger charge is 2.39. The van der Waals surface area contributed by atoms with E-state index in [0.29, 0.717) is 0 Å². The Labute approximate surface area is 193 Å². The van der Waals surface area contributed by atoms with E-state index < -0.39 is 0 Å². The molecular weight excluding hydrogens is 398 g/mol. The first-order valence-electron chi connectivity index (χ1n) is 11.7. The maximum atomic E-state index is 2.49. The predicted molar refractivity (Wildman–Crippen MR) is 141 cm³/mol. The zero-order chi connectivity index (χ0) is 22.3. The summed E-state index contributed by atoms with van der Waals surface area (Å²) in [5.41, 5.74) is 10.7. The Morgan fingerprint density at radius 2 is 1.36 bits per heavy atom. The van der Waals surface area contributed by atoms with Crippen LogP contribution in [0.2, 0.25) is 0 Å². The molecule has 0 amide bonds. The van der Waals surface area contributed by atoms with E-state index in [-0.39, 0.29) is 5.41 Å². The van der Waals surface area contributed by atoms with Gasteiger partial charge in [-0.1, -0.05) is 92.7 Å². The second kappa shape index (κ2) is 6.36. The smallest absolute Gasteiger partial charge is 0.0623 e. The van der Waals surface area contributed by atoms with Gasteiger partial charge in [-0.15, -0.1) is 0 Å². The second-order valence-electron chi connectivity index (χ2n) is 9.88. The lowest BCUT2D eigenvalue weighted by atomic mass is 9.79. The molecule has 0 atom stereocenters. The van der Waals surface area contributed by atoms with Crippen molar-refractivity contribution in [2.75, 3.05) is 0 Å². The topological polar surface area (TPSA) is 4.93 Å². The number of fused-ring (bicyclic) bond motifs is 10. The summed E-state index contributed by atoms with van der Waals surface area (Å²) < 4.78 is 2.49. The van der Waals surface area contributed by atoms with Crippen molar-refractivity contribution >= 4 is 32.6 Å². The van der Waals surface area contributed by atoms with Crippen LogP contribution >= 0.6 is 0 Å². The van der Waals surface area contributed by atoms with Crippen molar-refractivity contribution in [3.05, 3.63) is 114 Å². The van der Waals surface area contributed by atoms with Crippen LogP contribution in [0, 0.1) is 6.92 Å². The standard InChI is InChI=1S/C32H25N/c1-20-17-18-25-27(19-20)33(21-11-5-4-6-12-21)31-23-14-8-7-13-22(23)28-24-15-9-10-16-26(24)32(2,3)30(28)29(25)31/h4-19H,1-3H3. The van der Waals surface area contributed by atoms with Crippen LogP contribution in [0.5, 0.6) is 0 Å². The fourth-order valence-electron chi connectivity index (χ4n) is 6.20. The molecule has 1 aromatic heterocycles. The van der Waals surface area contributed by atoms with Gasteiger partial charge in [0.1, 0.15) is 0 Å². The molecule has 1 heteroatoms. The van der Waals surface area contributed by atoms with Gasteiger partial charge >= 0.3 is 0 Å². The molecule has 0 aliphatic heterocycles. The first kappa shape index (κ1) is 18.7. The van der Waals surface area contributed by atoms with Crippen molar-refractivity contribution < 1.29 is 0 Å². The average Bonchev–Trinajstić information content (AvgIpc) is 3.29. The minimum Gasteiger partial charge on any atom is -0.309 e. The van der Waals surface area contributed by atoms with Crippen molar-refractivity contribution in [2.24, 2.45) is 0 Å². The number of para-hydroxylation sites is 1. The first-order valence-corrected chi connectivity index (χ1v) is 11.7. The average molecular weight is 424 g/mol. The number of hydrogen-bond acceptors (Lipinski definition) is 0. The van der Waals surface area contributed by atoms with Crippen LogP contribution < -0.4 is 0 Å². The molecule has 7 rings (SSSR count). The Hall–Kier alpha value is -3.84. The molecule has 33 heavy (non-hydrogen) atoms. The molecule has 1 nitrogen and oxygen atoms in total. The van der Waals surface area contributed by atoms with E-state index in [2.05, 4.69) is 122 Å². The SMILES string of the molecule is Cc1ccc2c3c4c(c5ccccc5c3n(-c3ccccc3)c2c1)-c1ccccc1C4(C)C. The fourth-order valence-corrected chi connectivity index (χ4v) is 6.20. The molecule has 1 aliphatic rings. The highest BCUT2D eigenvalue weighted by atomic mass is 15.0. The summed E-state index contributed by atoms with van der Waals surface area (Å²) in [4.78, 5) is 0. The molecule has 0 fully saturated rings. The lowest BCUT2D eigenvalue weighted by Gasteiger charge is -2.23. The van der Waals surface area contributed by atoms with E-state index in [1.54, 1.807) is 0 Å². The molecule has 0 radical (unpaired) electrons. The summed E-state index contributed by atoms with van der Waals surface area (Å²) in [6.45, 7) is 6.98. The van der Waals surface area contributed by atoms with E-state index in [4.69, 9.17) is 0 Å². The van der Waals surface area contributed by atoms with Gasteiger partial charge in [-0.25, -0.2) is 0 Å². The highest BCUT2D eigenvalue weighted by molar-refractivity contribution is 6.25. The maximum absolute atomic E-state index is 2.49. The van der Waals surface area contributed by atoms with Crippen molar-refractivity contribution in [1.29, 1.82) is 0 Å². The van der Waals surface area contributed by atoms with Gasteiger partial charge in [0, 0.05) is 27.3 Å². The van der Waals surface area contributed by atoms with Gasteiger partial charge in [0.15, 0.2) is 0 Å². The van der Waals surface area contributed by atoms with Gasteiger partial charge in [0.05, 0.1) is 11.0 Å². The van der Waals surface area contributed by atoms with E-state index >= 15 is 0 Å². The predicted octanol–water partition coefficient (Wildman–Crippen LogP) is 8.55. The van der Waals surface area contributed by atoms with Crippen molar-refractivity contribution in [3.63, 3.8) is 0 Å². The number of aromatic nitrogens is 1. The quantitative estimate of drug-likeness (QED) is 0.250. The summed E-state index contributed by atoms with van der Waals surface area (Å²) in [6.07, 6.45) is 0. The molecule has 0 saturated carbocycles. The summed E-state index contributed by atoms with van der Waals surface area (Å²) in [5.74, 6) is 0. The van der Waals surface area contributed by atoms with Gasteiger partial charge in [-0.05, 0) is 58.3 Å². The largest absolute Gasteiger partial charge is 0.309 e. The molecule has 0 unspecified atom stereocenters. The third kappa shape index (κ3) is 2.32. The molecule has 0 saturated heterocycles. The Balaban J connectivity index is 1.83. The fraction of sp³-hybridized carbons (Fsp3) is 0.125. The van der Waals surface area contributed by atoms with Gasteiger partial charge in [-0.3, -0.25) is 0 Å². The summed E-state index contributed by atoms with van der Waals surface area (Å²) in [5, 5.41) is 5.39. The molecule has 1 heterocycles. The molecule has 0 spiro atoms. The Morgan fingerprint density at radius 3 is 2.18 bits per heavy atom. The lowest BCUT2D eigenvalue weighted by Crippen LogP contribution is -2.15. The second-order valence-corrected chi connectivity index (χ2v) is 9.88. The third-order valence-corrected chi connectivity index (χ3v) is 7.58. The van der Waals surface area contributed by atoms with Crippen LogP contribution in [-0.4, -0.2) is 4.57 Å². The maximum Gasteiger partial charge on any atom is 0.0623 e. The molecule has 1 aliphatic carbocycles. The van der Waals surface area contributed by atoms with Crippen molar-refractivity contribution in [2.45, 2.75) is 26.2 Å². The van der Waals surface area contributed by atoms with Gasteiger partial charge < -0.3 is 4.57 Å². The van der Waals surface area contributed by atoms with E-state index in [0.717, 1.165) is 0 Å². The highest BCUT2D eigenvalue weighted by Crippen LogP contribution is 2.56. The number of benzene rings is 5. The Kier molecular flexibility index (Phi) is 3.60. The number of rotatable bonds is 1. The third-order valence-electron chi connectivity index (χ3n) is 7.58. The summed E-state index contributed by atoms with van der Waals surface area (Å²) >= 11 is 0. The van der Waals surface area contributed by atoms with Crippen LogP contribution in [0.15, 0.2) is 97.1 Å². The van der Waals surface area contributed by atoms with Gasteiger partial charge in [0.25, 0.3) is 0 Å². The molecular formula is C32H25N. The zero-order valence-corrected chi connectivity index (χ0v) is 19.2. The van der Waals surface area contributed by atoms with E-state index in [9.17, 15) is 0 Å². The summed E-state index contributed by atoms with van der Waals surface area (Å²) in [6, 6.07) is 35.7. The van der Waals surface area contributed by atoms with Gasteiger partial charge in [0.2, 0.25) is 0 Å². The summed E-state index contributed by atoms with van der Waals surface area (Å²) in [7, 11) is 0. The van der Waals surface area contributed by atoms with Crippen LogP contribution in [0.25, 0.3) is 49.4 Å². The number of nitrogens with zero attached hydrogens (tertiary/aromatic N) is 1. The molecule has 0 N–H and O–H groups in total. The van der Waals surface area contributed by atoms with Crippen molar-refractivity contribution in [1.82, 2.24) is 4.57 Å². The molecule has 0 bridgehead atoms. The normalized spacial score (nSPS) is 14.2. The number of aryl methyl sites for hydroxylation is 1. The van der Waals surface area contributed by atoms with Crippen LogP contribution in [0.1, 0.15) is 30.5 Å². The van der Waals surface area contributed by atoms with Crippen LogP contribution in [0.4, 0.5) is 0 Å². The molecule has 6 aromatic rings. The van der Waals surface area contributed by atoms with Gasteiger partial charge in [-0.2, -0.15) is 0 Å². The molecule has 158 valence electrons. The number of hydrogen-bond donors (Lipinski definition) is 0.